The molecular weight excluding hydrogens is 410 g/mol. The molecule has 7 nitrogen and oxygen atoms in total. The van der Waals surface area contributed by atoms with Gasteiger partial charge in [-0.2, -0.15) is 0 Å². The molecule has 2 aliphatic heterocycles. The third-order valence-electron chi connectivity index (χ3n) is 7.28. The van der Waals surface area contributed by atoms with Crippen molar-refractivity contribution in [2.75, 3.05) is 42.9 Å². The first-order valence-corrected chi connectivity index (χ1v) is 12.3. The molecule has 2 aromatic heterocycles. The summed E-state index contributed by atoms with van der Waals surface area (Å²) in [5, 5.41) is 3.05. The van der Waals surface area contributed by atoms with Crippen LogP contribution < -0.4 is 10.2 Å². The molecule has 2 aromatic rings. The van der Waals surface area contributed by atoms with Gasteiger partial charge in [0.1, 0.15) is 27.2 Å². The number of hydrogen-bond acceptors (Lipinski definition) is 6. The predicted octanol–water partition coefficient (Wildman–Crippen LogP) is 1.03. The Balaban J connectivity index is 1.42. The van der Waals surface area contributed by atoms with Crippen LogP contribution in [0.5, 0.6) is 0 Å². The van der Waals surface area contributed by atoms with Gasteiger partial charge in [-0.3, -0.25) is 9.78 Å². The number of rotatable bonds is 5. The summed E-state index contributed by atoms with van der Waals surface area (Å²) in [7, 11) is 4.77. The molecule has 0 aliphatic carbocycles. The number of carbonyl (C=O) groups is 1. The second kappa shape index (κ2) is 10.3. The Hall–Kier alpha value is -2.38. The largest absolute Gasteiger partial charge is 0.355 e. The highest BCUT2D eigenvalue weighted by Gasteiger charge is 2.36. The van der Waals surface area contributed by atoms with Gasteiger partial charge in [-0.05, 0) is 75.8 Å². The number of pyridine rings is 2. The fraction of sp³-hybridized carbons (Fsp3) is 0.542. The van der Waals surface area contributed by atoms with E-state index in [1.54, 1.807) is 30.6 Å². The van der Waals surface area contributed by atoms with Crippen LogP contribution in [0, 0.1) is 0 Å². The Morgan fingerprint density at radius 2 is 1.79 bits per heavy atom. The number of likely N-dealkylation sites (tertiary alicyclic amines) is 1. The van der Waals surface area contributed by atoms with E-state index in [0.717, 1.165) is 37.6 Å². The van der Waals surface area contributed by atoms with Crippen molar-refractivity contribution in [1.82, 2.24) is 19.8 Å². The van der Waals surface area contributed by atoms with E-state index in [9.17, 15) is 4.79 Å². The molecule has 4 rings (SSSR count). The Labute approximate surface area is 199 Å². The Kier molecular flexibility index (Phi) is 7.39. The minimum atomic E-state index is -0.197. The molecule has 1 N–H and O–H groups in total. The quantitative estimate of drug-likeness (QED) is 0.693. The number of nitrogens with zero attached hydrogens (tertiary/aromatic N) is 5. The minimum absolute atomic E-state index is 0.149. The number of piperidine rings is 1. The number of nitrogens with one attached hydrogen (secondary N) is 1. The minimum Gasteiger partial charge on any atom is -0.355 e. The highest BCUT2D eigenvalue weighted by atomic mass is 16.1. The van der Waals surface area contributed by atoms with Crippen LogP contribution in [0.15, 0.2) is 42.7 Å². The van der Waals surface area contributed by atoms with Crippen molar-refractivity contribution in [3.8, 4) is 0 Å². The molecule has 0 saturated carbocycles. The lowest BCUT2D eigenvalue weighted by Gasteiger charge is -2.46. The molecule has 33 heavy (non-hydrogen) atoms. The predicted molar refractivity (Wildman–Crippen MR) is 140 cm³/mol. The van der Waals surface area contributed by atoms with Crippen molar-refractivity contribution in [1.29, 1.82) is 0 Å². The van der Waals surface area contributed by atoms with Crippen LogP contribution in [0.3, 0.4) is 0 Å². The van der Waals surface area contributed by atoms with Crippen LogP contribution >= 0.6 is 0 Å². The monoisotopic (exact) mass is 446 g/mol. The summed E-state index contributed by atoms with van der Waals surface area (Å²) < 4.78 is 0. The lowest BCUT2D eigenvalue weighted by atomic mass is 9.58. The van der Waals surface area contributed by atoms with E-state index in [1.165, 1.54) is 25.9 Å². The summed E-state index contributed by atoms with van der Waals surface area (Å²) in [4.78, 5) is 29.1. The molecule has 2 saturated heterocycles. The summed E-state index contributed by atoms with van der Waals surface area (Å²) in [5.74, 6) is 0.682. The van der Waals surface area contributed by atoms with Crippen molar-refractivity contribution in [3.05, 3.63) is 48.4 Å². The molecule has 0 radical (unpaired) electrons. The highest BCUT2D eigenvalue weighted by Crippen LogP contribution is 2.28. The normalized spacial score (nSPS) is 20.5. The van der Waals surface area contributed by atoms with Gasteiger partial charge in [0, 0.05) is 49.8 Å². The van der Waals surface area contributed by atoms with E-state index >= 15 is 0 Å². The average Bonchev–Trinajstić information content (AvgIpc) is 2.97. The van der Waals surface area contributed by atoms with Gasteiger partial charge in [0.05, 0.1) is 0 Å². The first-order valence-electron chi connectivity index (χ1n) is 12.3. The summed E-state index contributed by atoms with van der Waals surface area (Å²) in [6.45, 7) is 9.87. The SMILES string of the molecule is BC1(B)CCN(c2cccc(C(=O)Nc3ccncc3)n2)CCN1C1CCN(C(C)C)CC1. The van der Waals surface area contributed by atoms with Crippen LogP contribution in [0.25, 0.3) is 0 Å². The van der Waals surface area contributed by atoms with E-state index in [-0.39, 0.29) is 11.2 Å². The topological polar surface area (TPSA) is 64.6 Å². The van der Waals surface area contributed by atoms with Crippen molar-refractivity contribution in [2.24, 2.45) is 0 Å². The van der Waals surface area contributed by atoms with Crippen LogP contribution in [0.1, 0.15) is 43.6 Å². The van der Waals surface area contributed by atoms with Gasteiger partial charge in [0.15, 0.2) is 0 Å². The molecule has 0 unspecified atom stereocenters. The van der Waals surface area contributed by atoms with Crippen molar-refractivity contribution < 1.29 is 4.79 Å². The zero-order valence-electron chi connectivity index (χ0n) is 20.5. The zero-order chi connectivity index (χ0) is 23.4. The maximum Gasteiger partial charge on any atom is 0.274 e. The first-order chi connectivity index (χ1) is 15.8. The zero-order valence-corrected chi connectivity index (χ0v) is 20.5. The number of anilines is 2. The Bertz CT molecular complexity index is 934. The van der Waals surface area contributed by atoms with Gasteiger partial charge in [0.25, 0.3) is 5.91 Å². The number of hydrogen-bond donors (Lipinski definition) is 1. The molecule has 174 valence electrons. The third kappa shape index (κ3) is 5.76. The molecule has 0 aromatic carbocycles. The Morgan fingerprint density at radius 1 is 1.06 bits per heavy atom. The summed E-state index contributed by atoms with van der Waals surface area (Å²) in [6.07, 6.45) is 6.88. The lowest BCUT2D eigenvalue weighted by molar-refractivity contribution is 0.0767. The Morgan fingerprint density at radius 3 is 2.48 bits per heavy atom. The van der Waals surface area contributed by atoms with E-state index in [0.29, 0.717) is 17.8 Å². The van der Waals surface area contributed by atoms with Crippen LogP contribution in [0.4, 0.5) is 11.5 Å². The van der Waals surface area contributed by atoms with Gasteiger partial charge >= 0.3 is 0 Å². The van der Waals surface area contributed by atoms with E-state index < -0.39 is 0 Å². The summed E-state index contributed by atoms with van der Waals surface area (Å²) in [5.41, 5.74) is 1.16. The molecule has 2 aliphatic rings. The second-order valence-electron chi connectivity index (χ2n) is 10.2. The summed E-state index contributed by atoms with van der Waals surface area (Å²) >= 11 is 0. The summed E-state index contributed by atoms with van der Waals surface area (Å²) in [6, 6.07) is 10.5. The molecule has 9 heteroatoms. The second-order valence-corrected chi connectivity index (χ2v) is 10.2. The standard InChI is InChI=1S/C24H36B2N6O/c1-18(2)30-13-8-20(9-14-30)32-17-16-31(15-10-24(32,25)26)22-5-3-4-21(29-22)23(33)28-19-6-11-27-12-7-19/h3-7,11-12,18,20H,8-10,13-17,25-26H2,1-2H3,(H,27,28,33). The molecule has 0 atom stereocenters. The van der Waals surface area contributed by atoms with Crippen molar-refractivity contribution >= 4 is 33.1 Å². The third-order valence-corrected chi connectivity index (χ3v) is 7.28. The van der Waals surface area contributed by atoms with Gasteiger partial charge in [-0.1, -0.05) is 6.07 Å². The van der Waals surface area contributed by atoms with Crippen molar-refractivity contribution in [3.63, 3.8) is 0 Å². The van der Waals surface area contributed by atoms with E-state index in [1.807, 2.05) is 12.1 Å². The fourth-order valence-corrected chi connectivity index (χ4v) is 5.17. The van der Waals surface area contributed by atoms with Crippen LogP contribution in [-0.2, 0) is 0 Å². The maximum absolute atomic E-state index is 12.7. The molecule has 0 spiro atoms. The average molecular weight is 446 g/mol. The van der Waals surface area contributed by atoms with Gasteiger partial charge in [-0.25, -0.2) is 4.98 Å². The van der Waals surface area contributed by atoms with Gasteiger partial charge in [0.2, 0.25) is 0 Å². The number of amides is 1. The number of carbonyl (C=O) groups excluding carboxylic acids is 1. The molecule has 4 heterocycles. The van der Waals surface area contributed by atoms with Crippen LogP contribution in [-0.4, -0.2) is 91.5 Å². The molecule has 0 bridgehead atoms. The maximum atomic E-state index is 12.7. The first kappa shape index (κ1) is 23.8. The molecular formula is C24H36B2N6O. The lowest BCUT2D eigenvalue weighted by Crippen LogP contribution is -2.58. The van der Waals surface area contributed by atoms with E-state index in [2.05, 4.69) is 54.5 Å². The number of aromatic nitrogens is 2. The van der Waals surface area contributed by atoms with E-state index in [4.69, 9.17) is 4.98 Å². The smallest absolute Gasteiger partial charge is 0.274 e. The fourth-order valence-electron chi connectivity index (χ4n) is 5.17. The van der Waals surface area contributed by atoms with Gasteiger partial charge < -0.3 is 20.0 Å². The van der Waals surface area contributed by atoms with Gasteiger partial charge in [-0.15, -0.1) is 0 Å². The molecule has 2 fully saturated rings. The molecule has 1 amide bonds. The van der Waals surface area contributed by atoms with Crippen LogP contribution in [0.2, 0.25) is 0 Å². The highest BCUT2D eigenvalue weighted by molar-refractivity contribution is 6.40. The van der Waals surface area contributed by atoms with Crippen molar-refractivity contribution in [2.45, 2.75) is 50.5 Å².